The van der Waals surface area contributed by atoms with Gasteiger partial charge in [-0.3, -0.25) is 0 Å². The van der Waals surface area contributed by atoms with Crippen LogP contribution >= 0.6 is 0 Å². The highest BCUT2D eigenvalue weighted by molar-refractivity contribution is 6.09. The highest BCUT2D eigenvalue weighted by Gasteiger charge is 2.36. The summed E-state index contributed by atoms with van der Waals surface area (Å²) in [6.45, 7) is 4.76. The predicted molar refractivity (Wildman–Crippen MR) is 230 cm³/mol. The van der Waals surface area contributed by atoms with Gasteiger partial charge in [-0.25, -0.2) is 0 Å². The highest BCUT2D eigenvalue weighted by Crippen LogP contribution is 2.52. The third-order valence-corrected chi connectivity index (χ3v) is 11.5. The van der Waals surface area contributed by atoms with E-state index in [1.807, 2.05) is 0 Å². The van der Waals surface area contributed by atoms with Crippen LogP contribution < -0.4 is 4.90 Å². The van der Waals surface area contributed by atoms with Crippen molar-refractivity contribution >= 4 is 38.6 Å². The van der Waals surface area contributed by atoms with Crippen molar-refractivity contribution in [3.8, 4) is 44.5 Å². The van der Waals surface area contributed by atoms with Crippen LogP contribution in [0.1, 0.15) is 25.0 Å². The minimum atomic E-state index is -0.187. The molecule has 0 N–H and O–H groups in total. The highest BCUT2D eigenvalue weighted by atomic mass is 15.1. The molecular formula is C53H39N. The summed E-state index contributed by atoms with van der Waals surface area (Å²) in [6.07, 6.45) is 0. The molecule has 1 aliphatic carbocycles. The first-order valence-corrected chi connectivity index (χ1v) is 18.8. The average molecular weight is 690 g/mol. The Morgan fingerprint density at radius 1 is 0.333 bits per heavy atom. The Morgan fingerprint density at radius 3 is 1.63 bits per heavy atom. The van der Waals surface area contributed by atoms with Gasteiger partial charge in [-0.1, -0.05) is 178 Å². The number of hydrogen-bond donors (Lipinski definition) is 0. The molecule has 1 aliphatic rings. The topological polar surface area (TPSA) is 3.24 Å². The summed E-state index contributed by atoms with van der Waals surface area (Å²) in [5.74, 6) is 0. The fourth-order valence-corrected chi connectivity index (χ4v) is 8.63. The summed E-state index contributed by atoms with van der Waals surface area (Å²) in [5.41, 5.74) is 15.9. The van der Waals surface area contributed by atoms with Crippen molar-refractivity contribution in [2.75, 3.05) is 4.90 Å². The zero-order valence-electron chi connectivity index (χ0n) is 30.5. The van der Waals surface area contributed by atoms with Gasteiger partial charge in [0.15, 0.2) is 0 Å². The maximum atomic E-state index is 2.45. The summed E-state index contributed by atoms with van der Waals surface area (Å²) in [4.78, 5) is 2.45. The number of nitrogens with zero attached hydrogens (tertiary/aromatic N) is 1. The molecule has 54 heavy (non-hydrogen) atoms. The van der Waals surface area contributed by atoms with Crippen molar-refractivity contribution in [1.82, 2.24) is 0 Å². The van der Waals surface area contributed by atoms with Crippen molar-refractivity contribution in [2.45, 2.75) is 19.3 Å². The Balaban J connectivity index is 1.09. The third kappa shape index (κ3) is 5.32. The molecule has 0 spiro atoms. The molecule has 0 unspecified atom stereocenters. The number of anilines is 3. The van der Waals surface area contributed by atoms with E-state index in [1.165, 1.54) is 77.2 Å². The number of fused-ring (bicyclic) bond motifs is 6. The second kappa shape index (κ2) is 12.8. The van der Waals surface area contributed by atoms with E-state index in [2.05, 4.69) is 219 Å². The summed E-state index contributed by atoms with van der Waals surface area (Å²) in [6, 6.07) is 73.4. The first kappa shape index (κ1) is 32.0. The number of para-hydroxylation sites is 1. The fourth-order valence-electron chi connectivity index (χ4n) is 8.63. The average Bonchev–Trinajstić information content (AvgIpc) is 3.46. The van der Waals surface area contributed by atoms with Gasteiger partial charge in [0, 0.05) is 22.4 Å². The molecule has 0 amide bonds. The van der Waals surface area contributed by atoms with E-state index in [1.54, 1.807) is 0 Å². The SMILES string of the molecule is CC1(C)c2cc(-c3ccc(-c4ccccc4)cc3)ccc2-c2ccc(N(c3ccc4c(ccc5ccccc54)c3)c3ccccc3-c3ccccc3)cc21. The minimum Gasteiger partial charge on any atom is -0.310 e. The van der Waals surface area contributed by atoms with E-state index in [9.17, 15) is 0 Å². The Labute approximate surface area is 317 Å². The van der Waals surface area contributed by atoms with Crippen LogP contribution in [0.3, 0.4) is 0 Å². The van der Waals surface area contributed by atoms with Gasteiger partial charge in [0.1, 0.15) is 0 Å². The standard InChI is InChI=1S/C53H39N/c1-53(2)50-34-41(38-23-21-37(22-24-38)36-13-5-3-6-14-36)27-30-48(50)49-32-29-44(35-51(49)53)54(52-20-12-11-19-47(52)39-15-7-4-8-16-39)43-28-31-46-42(33-43)26-25-40-17-9-10-18-45(40)46/h3-35H,1-2H3. The van der Waals surface area contributed by atoms with Crippen LogP contribution in [0, 0.1) is 0 Å². The third-order valence-electron chi connectivity index (χ3n) is 11.5. The normalized spacial score (nSPS) is 12.8. The van der Waals surface area contributed by atoms with Gasteiger partial charge in [0.25, 0.3) is 0 Å². The Hall–Kier alpha value is -6.70. The molecule has 0 bridgehead atoms. The van der Waals surface area contributed by atoms with E-state index in [0.29, 0.717) is 0 Å². The molecule has 0 aliphatic heterocycles. The van der Waals surface area contributed by atoms with Crippen molar-refractivity contribution in [3.63, 3.8) is 0 Å². The number of hydrogen-bond acceptors (Lipinski definition) is 1. The lowest BCUT2D eigenvalue weighted by Crippen LogP contribution is -2.17. The molecule has 1 nitrogen and oxygen atoms in total. The van der Waals surface area contributed by atoms with Gasteiger partial charge in [0.2, 0.25) is 0 Å². The number of benzene rings is 9. The fraction of sp³-hybridized carbons (Fsp3) is 0.0566. The Kier molecular flexibility index (Phi) is 7.56. The zero-order chi connectivity index (χ0) is 36.2. The predicted octanol–water partition coefficient (Wildman–Crippen LogP) is 14.8. The summed E-state index contributed by atoms with van der Waals surface area (Å²) in [5, 5.41) is 5.04. The first-order chi connectivity index (χ1) is 26.5. The molecule has 0 atom stereocenters. The van der Waals surface area contributed by atoms with Gasteiger partial charge < -0.3 is 4.90 Å². The van der Waals surface area contributed by atoms with E-state index >= 15 is 0 Å². The van der Waals surface area contributed by atoms with E-state index in [0.717, 1.165) is 17.1 Å². The lowest BCUT2D eigenvalue weighted by Gasteiger charge is -2.30. The van der Waals surface area contributed by atoms with Gasteiger partial charge in [-0.2, -0.15) is 0 Å². The molecule has 0 aromatic heterocycles. The maximum absolute atomic E-state index is 2.45. The minimum absolute atomic E-state index is 0.187. The summed E-state index contributed by atoms with van der Waals surface area (Å²) < 4.78 is 0. The molecule has 0 heterocycles. The lowest BCUT2D eigenvalue weighted by atomic mass is 9.81. The van der Waals surface area contributed by atoms with E-state index in [4.69, 9.17) is 0 Å². The molecule has 10 rings (SSSR count). The number of rotatable bonds is 6. The van der Waals surface area contributed by atoms with Gasteiger partial charge in [-0.05, 0) is 108 Å². The van der Waals surface area contributed by atoms with Crippen molar-refractivity contribution in [3.05, 3.63) is 211 Å². The monoisotopic (exact) mass is 689 g/mol. The van der Waals surface area contributed by atoms with Crippen LogP contribution in [-0.2, 0) is 5.41 Å². The van der Waals surface area contributed by atoms with Gasteiger partial charge in [-0.15, -0.1) is 0 Å². The zero-order valence-corrected chi connectivity index (χ0v) is 30.5. The van der Waals surface area contributed by atoms with Crippen LogP contribution in [0.4, 0.5) is 17.1 Å². The van der Waals surface area contributed by atoms with E-state index < -0.39 is 0 Å². The van der Waals surface area contributed by atoms with Crippen molar-refractivity contribution < 1.29 is 0 Å². The van der Waals surface area contributed by atoms with Gasteiger partial charge in [0.05, 0.1) is 5.69 Å². The smallest absolute Gasteiger partial charge is 0.0540 e. The lowest BCUT2D eigenvalue weighted by molar-refractivity contribution is 0.660. The first-order valence-electron chi connectivity index (χ1n) is 18.8. The summed E-state index contributed by atoms with van der Waals surface area (Å²) in [7, 11) is 0. The quantitative estimate of drug-likeness (QED) is 0.157. The Morgan fingerprint density at radius 2 is 0.852 bits per heavy atom. The maximum Gasteiger partial charge on any atom is 0.0540 e. The molecule has 0 radical (unpaired) electrons. The van der Waals surface area contributed by atoms with Crippen LogP contribution in [0.15, 0.2) is 200 Å². The van der Waals surface area contributed by atoms with E-state index in [-0.39, 0.29) is 5.41 Å². The Bertz CT molecular complexity index is 2830. The molecule has 0 fully saturated rings. The second-order valence-electron chi connectivity index (χ2n) is 15.0. The largest absolute Gasteiger partial charge is 0.310 e. The molecule has 9 aromatic carbocycles. The van der Waals surface area contributed by atoms with Crippen LogP contribution in [0.5, 0.6) is 0 Å². The molecule has 9 aromatic rings. The van der Waals surface area contributed by atoms with Crippen LogP contribution in [0.2, 0.25) is 0 Å². The van der Waals surface area contributed by atoms with Crippen LogP contribution in [0.25, 0.3) is 66.1 Å². The van der Waals surface area contributed by atoms with Crippen molar-refractivity contribution in [2.24, 2.45) is 0 Å². The summed E-state index contributed by atoms with van der Waals surface area (Å²) >= 11 is 0. The molecule has 256 valence electrons. The van der Waals surface area contributed by atoms with Crippen LogP contribution in [-0.4, -0.2) is 0 Å². The van der Waals surface area contributed by atoms with Crippen molar-refractivity contribution in [1.29, 1.82) is 0 Å². The second-order valence-corrected chi connectivity index (χ2v) is 15.0. The molecule has 0 saturated carbocycles. The van der Waals surface area contributed by atoms with Gasteiger partial charge >= 0.3 is 0 Å². The molecular weight excluding hydrogens is 651 g/mol. The molecule has 1 heteroatoms. The molecule has 0 saturated heterocycles.